The van der Waals surface area contributed by atoms with E-state index in [9.17, 15) is 9.59 Å². The van der Waals surface area contributed by atoms with E-state index in [1.165, 1.54) is 6.92 Å². The van der Waals surface area contributed by atoms with E-state index in [1.807, 2.05) is 45.0 Å². The van der Waals surface area contributed by atoms with E-state index in [0.717, 1.165) is 27.7 Å². The molecule has 0 saturated heterocycles. The molecule has 0 bridgehead atoms. The first-order valence-corrected chi connectivity index (χ1v) is 9.95. The van der Waals surface area contributed by atoms with Crippen LogP contribution in [0.3, 0.4) is 0 Å². The molecule has 0 atom stereocenters. The van der Waals surface area contributed by atoms with Crippen molar-refractivity contribution < 1.29 is 9.59 Å². The molecule has 0 aliphatic rings. The molecule has 2 aromatic heterocycles. The molecule has 0 unspecified atom stereocenters. The molecule has 7 heteroatoms. The molecule has 2 N–H and O–H groups in total. The highest BCUT2D eigenvalue weighted by atomic mass is 16.2. The van der Waals surface area contributed by atoms with Gasteiger partial charge in [-0.3, -0.25) is 9.59 Å². The Morgan fingerprint density at radius 3 is 2.45 bits per heavy atom. The maximum absolute atomic E-state index is 12.9. The number of fused-ring (bicyclic) bond motifs is 1. The third-order valence-corrected chi connectivity index (χ3v) is 4.97. The van der Waals surface area contributed by atoms with Crippen LogP contribution < -0.4 is 10.6 Å². The number of pyridine rings is 1. The summed E-state index contributed by atoms with van der Waals surface area (Å²) in [4.78, 5) is 29.0. The van der Waals surface area contributed by atoms with Gasteiger partial charge in [-0.05, 0) is 56.2 Å². The molecule has 0 spiro atoms. The molecule has 31 heavy (non-hydrogen) atoms. The summed E-state index contributed by atoms with van der Waals surface area (Å²) in [6.07, 6.45) is 0. The number of nitrogens with one attached hydrogen (secondary N) is 2. The molecule has 4 aromatic rings. The lowest BCUT2D eigenvalue weighted by molar-refractivity contribution is -0.114. The highest BCUT2D eigenvalue weighted by Crippen LogP contribution is 2.25. The number of benzene rings is 2. The summed E-state index contributed by atoms with van der Waals surface area (Å²) in [7, 11) is 0. The van der Waals surface area contributed by atoms with Gasteiger partial charge in [-0.2, -0.15) is 9.78 Å². The second-order valence-electron chi connectivity index (χ2n) is 7.57. The average molecular weight is 413 g/mol. The number of para-hydroxylation sites is 1. The van der Waals surface area contributed by atoms with Crippen LogP contribution in [-0.4, -0.2) is 26.6 Å². The van der Waals surface area contributed by atoms with Crippen LogP contribution in [0.2, 0.25) is 0 Å². The maximum atomic E-state index is 12.9. The molecule has 2 amide bonds. The monoisotopic (exact) mass is 413 g/mol. The molecule has 0 saturated carbocycles. The molecule has 0 fully saturated rings. The summed E-state index contributed by atoms with van der Waals surface area (Å²) < 4.78 is 1.64. The number of anilines is 2. The van der Waals surface area contributed by atoms with Crippen molar-refractivity contribution in [3.8, 4) is 5.82 Å². The topological polar surface area (TPSA) is 88.9 Å². The summed E-state index contributed by atoms with van der Waals surface area (Å²) in [5.41, 5.74) is 4.81. The van der Waals surface area contributed by atoms with Gasteiger partial charge in [-0.1, -0.05) is 24.3 Å². The minimum atomic E-state index is -0.304. The SMILES string of the molecule is CC(=O)Nc1cccc(C(=O)Nc2cc(C)nn2-c2cc(C)c3cccc(C)c3n2)c1. The van der Waals surface area contributed by atoms with Gasteiger partial charge < -0.3 is 10.6 Å². The second kappa shape index (κ2) is 8.02. The number of amides is 2. The van der Waals surface area contributed by atoms with E-state index in [1.54, 1.807) is 35.0 Å². The zero-order valence-electron chi connectivity index (χ0n) is 17.9. The Bertz CT molecular complexity index is 1320. The van der Waals surface area contributed by atoms with E-state index in [4.69, 9.17) is 4.98 Å². The minimum Gasteiger partial charge on any atom is -0.326 e. The van der Waals surface area contributed by atoms with Gasteiger partial charge in [0.2, 0.25) is 5.91 Å². The van der Waals surface area contributed by atoms with Crippen LogP contribution >= 0.6 is 0 Å². The molecule has 156 valence electrons. The van der Waals surface area contributed by atoms with Gasteiger partial charge in [0.1, 0.15) is 5.82 Å². The summed E-state index contributed by atoms with van der Waals surface area (Å²) in [5.74, 6) is 0.656. The quantitative estimate of drug-likeness (QED) is 0.513. The highest BCUT2D eigenvalue weighted by molar-refractivity contribution is 6.05. The Balaban J connectivity index is 1.70. The van der Waals surface area contributed by atoms with Gasteiger partial charge in [-0.25, -0.2) is 4.98 Å². The standard InChI is InChI=1S/C24H23N5O2/c1-14-7-5-10-20-15(2)11-21(26-23(14)20)29-22(12-16(3)28-29)27-24(31)18-8-6-9-19(13-18)25-17(4)30/h5-13H,1-4H3,(H,25,30)(H,27,31). The Morgan fingerprint density at radius 2 is 1.68 bits per heavy atom. The predicted octanol–water partition coefficient (Wildman–Crippen LogP) is 4.56. The molecule has 2 heterocycles. The summed E-state index contributed by atoms with van der Waals surface area (Å²) in [5, 5.41) is 11.2. The van der Waals surface area contributed by atoms with E-state index >= 15 is 0 Å². The van der Waals surface area contributed by atoms with E-state index in [-0.39, 0.29) is 11.8 Å². The van der Waals surface area contributed by atoms with Crippen LogP contribution in [0.25, 0.3) is 16.7 Å². The largest absolute Gasteiger partial charge is 0.326 e. The van der Waals surface area contributed by atoms with Crippen LogP contribution in [0.1, 0.15) is 34.1 Å². The van der Waals surface area contributed by atoms with Crippen LogP contribution in [0, 0.1) is 20.8 Å². The molecule has 7 nitrogen and oxygen atoms in total. The van der Waals surface area contributed by atoms with E-state index in [0.29, 0.717) is 22.9 Å². The fourth-order valence-corrected chi connectivity index (χ4v) is 3.55. The van der Waals surface area contributed by atoms with Crippen molar-refractivity contribution in [3.05, 3.63) is 77.0 Å². The number of nitrogens with zero attached hydrogens (tertiary/aromatic N) is 3. The van der Waals surface area contributed by atoms with Crippen LogP contribution in [0.4, 0.5) is 11.5 Å². The van der Waals surface area contributed by atoms with Crippen molar-refractivity contribution >= 4 is 34.2 Å². The van der Waals surface area contributed by atoms with Gasteiger partial charge >= 0.3 is 0 Å². The van der Waals surface area contributed by atoms with Crippen molar-refractivity contribution in [2.45, 2.75) is 27.7 Å². The van der Waals surface area contributed by atoms with Gasteiger partial charge in [0, 0.05) is 29.6 Å². The number of hydrogen-bond acceptors (Lipinski definition) is 4. The van der Waals surface area contributed by atoms with Gasteiger partial charge in [-0.15, -0.1) is 0 Å². The number of aryl methyl sites for hydroxylation is 3. The summed E-state index contributed by atoms with van der Waals surface area (Å²) in [6, 6.07) is 16.6. The Labute approximate surface area is 180 Å². The van der Waals surface area contributed by atoms with Crippen LogP contribution in [-0.2, 0) is 4.79 Å². The molecule has 0 aliphatic carbocycles. The number of carbonyl (C=O) groups excluding carboxylic acids is 2. The third kappa shape index (κ3) is 4.16. The molecule has 4 rings (SSSR count). The van der Waals surface area contributed by atoms with E-state index < -0.39 is 0 Å². The molecule has 0 radical (unpaired) electrons. The Hall–Kier alpha value is -4.00. The number of carbonyl (C=O) groups is 2. The second-order valence-corrected chi connectivity index (χ2v) is 7.57. The van der Waals surface area contributed by atoms with Crippen molar-refractivity contribution in [2.75, 3.05) is 10.6 Å². The molecular weight excluding hydrogens is 390 g/mol. The van der Waals surface area contributed by atoms with Gasteiger partial charge in [0.05, 0.1) is 11.2 Å². The van der Waals surface area contributed by atoms with E-state index in [2.05, 4.69) is 15.7 Å². The van der Waals surface area contributed by atoms with Crippen molar-refractivity contribution in [3.63, 3.8) is 0 Å². The van der Waals surface area contributed by atoms with Crippen LogP contribution in [0.15, 0.2) is 54.6 Å². The lowest BCUT2D eigenvalue weighted by atomic mass is 10.1. The Morgan fingerprint density at radius 1 is 0.903 bits per heavy atom. The normalized spacial score (nSPS) is 10.8. The third-order valence-electron chi connectivity index (χ3n) is 4.97. The average Bonchev–Trinajstić information content (AvgIpc) is 3.08. The van der Waals surface area contributed by atoms with Crippen LogP contribution in [0.5, 0.6) is 0 Å². The van der Waals surface area contributed by atoms with Crippen molar-refractivity contribution in [1.29, 1.82) is 0 Å². The lowest BCUT2D eigenvalue weighted by Gasteiger charge is -2.12. The zero-order valence-corrected chi connectivity index (χ0v) is 17.9. The summed E-state index contributed by atoms with van der Waals surface area (Å²) >= 11 is 0. The minimum absolute atomic E-state index is 0.195. The fraction of sp³-hybridized carbons (Fsp3) is 0.167. The first kappa shape index (κ1) is 20.3. The first-order chi connectivity index (χ1) is 14.8. The number of hydrogen-bond donors (Lipinski definition) is 2. The van der Waals surface area contributed by atoms with Crippen molar-refractivity contribution in [2.24, 2.45) is 0 Å². The Kier molecular flexibility index (Phi) is 5.25. The smallest absolute Gasteiger partial charge is 0.256 e. The maximum Gasteiger partial charge on any atom is 0.256 e. The number of aromatic nitrogens is 3. The lowest BCUT2D eigenvalue weighted by Crippen LogP contribution is -2.16. The predicted molar refractivity (Wildman–Crippen MR) is 122 cm³/mol. The summed E-state index contributed by atoms with van der Waals surface area (Å²) in [6.45, 7) is 7.35. The zero-order chi connectivity index (χ0) is 22.1. The van der Waals surface area contributed by atoms with Gasteiger partial charge in [0.15, 0.2) is 5.82 Å². The van der Waals surface area contributed by atoms with Crippen molar-refractivity contribution in [1.82, 2.24) is 14.8 Å². The van der Waals surface area contributed by atoms with Gasteiger partial charge in [0.25, 0.3) is 5.91 Å². The molecular formula is C24H23N5O2. The highest BCUT2D eigenvalue weighted by Gasteiger charge is 2.15. The molecule has 0 aliphatic heterocycles. The fourth-order valence-electron chi connectivity index (χ4n) is 3.55. The number of rotatable bonds is 4. The molecule has 2 aromatic carbocycles. The first-order valence-electron chi connectivity index (χ1n) is 9.95.